The minimum Gasteiger partial charge on any atom is -0.444 e. The van der Waals surface area contributed by atoms with Crippen molar-refractivity contribution in [3.05, 3.63) is 0 Å². The Morgan fingerprint density at radius 3 is 2.84 bits per heavy atom. The van der Waals surface area contributed by atoms with E-state index in [0.29, 0.717) is 12.5 Å². The number of amides is 1. The molecule has 0 aromatic heterocycles. The van der Waals surface area contributed by atoms with Crippen molar-refractivity contribution in [3.63, 3.8) is 0 Å². The van der Waals surface area contributed by atoms with Gasteiger partial charge in [0.2, 0.25) is 0 Å². The lowest BCUT2D eigenvalue weighted by Gasteiger charge is -2.24. The van der Waals surface area contributed by atoms with Crippen molar-refractivity contribution >= 4 is 6.09 Å². The molecule has 0 aromatic rings. The Bertz CT molecular complexity index is 267. The molecule has 1 heterocycles. The predicted molar refractivity (Wildman–Crippen MR) is 73.0 cm³/mol. The van der Waals surface area contributed by atoms with E-state index in [0.717, 1.165) is 32.3 Å². The molecule has 5 nitrogen and oxygen atoms in total. The zero-order chi connectivity index (χ0) is 14.3. The number of alkyl carbamates (subject to hydrolysis) is 1. The van der Waals surface area contributed by atoms with E-state index < -0.39 is 11.7 Å². The van der Waals surface area contributed by atoms with Gasteiger partial charge in [-0.3, -0.25) is 0 Å². The van der Waals surface area contributed by atoms with Gasteiger partial charge in [0.15, 0.2) is 0 Å². The topological polar surface area (TPSA) is 67.8 Å². The molecule has 112 valence electrons. The minimum absolute atomic E-state index is 0.0737. The highest BCUT2D eigenvalue weighted by molar-refractivity contribution is 5.68. The molecule has 1 rings (SSSR count). The lowest BCUT2D eigenvalue weighted by Crippen LogP contribution is -2.42. The molecule has 0 bridgehead atoms. The van der Waals surface area contributed by atoms with Crippen molar-refractivity contribution in [2.24, 2.45) is 5.92 Å². The number of aliphatic hydroxyl groups is 1. The Kier molecular flexibility index (Phi) is 6.58. The molecule has 0 saturated carbocycles. The first-order valence-corrected chi connectivity index (χ1v) is 7.09. The third kappa shape index (κ3) is 7.38. The molecule has 0 spiro atoms. The van der Waals surface area contributed by atoms with E-state index in [-0.39, 0.29) is 12.6 Å². The molecule has 19 heavy (non-hydrogen) atoms. The monoisotopic (exact) mass is 273 g/mol. The van der Waals surface area contributed by atoms with Crippen LogP contribution in [0.2, 0.25) is 0 Å². The molecule has 0 radical (unpaired) electrons. The van der Waals surface area contributed by atoms with E-state index >= 15 is 0 Å². The number of ether oxygens (including phenoxy) is 2. The SMILES string of the molecule is CC(C)(C)OC(=O)N[C@H](CO)C[C@H]1CCCCOC1. The summed E-state index contributed by atoms with van der Waals surface area (Å²) in [6.07, 6.45) is 3.60. The molecular formula is C14H27NO4. The van der Waals surface area contributed by atoms with Gasteiger partial charge in [0.25, 0.3) is 0 Å². The van der Waals surface area contributed by atoms with Gasteiger partial charge in [-0.25, -0.2) is 4.79 Å². The zero-order valence-corrected chi connectivity index (χ0v) is 12.3. The van der Waals surface area contributed by atoms with Crippen LogP contribution >= 0.6 is 0 Å². The van der Waals surface area contributed by atoms with E-state index in [1.807, 2.05) is 20.8 Å². The Labute approximate surface area is 115 Å². The lowest BCUT2D eigenvalue weighted by molar-refractivity contribution is 0.0456. The van der Waals surface area contributed by atoms with Gasteiger partial charge in [0, 0.05) is 13.2 Å². The van der Waals surface area contributed by atoms with E-state index in [1.54, 1.807) is 0 Å². The van der Waals surface area contributed by atoms with Crippen LogP contribution in [0, 0.1) is 5.92 Å². The summed E-state index contributed by atoms with van der Waals surface area (Å²) >= 11 is 0. The first-order valence-electron chi connectivity index (χ1n) is 7.09. The average molecular weight is 273 g/mol. The number of carbonyl (C=O) groups excluding carboxylic acids is 1. The number of nitrogens with one attached hydrogen (secondary N) is 1. The average Bonchev–Trinajstić information content (AvgIpc) is 2.54. The Morgan fingerprint density at radius 1 is 1.47 bits per heavy atom. The normalized spacial score (nSPS) is 22.4. The van der Waals surface area contributed by atoms with Gasteiger partial charge in [0.1, 0.15) is 5.60 Å². The predicted octanol–water partition coefficient (Wildman–Crippen LogP) is 2.08. The first-order chi connectivity index (χ1) is 8.90. The Balaban J connectivity index is 2.37. The molecular weight excluding hydrogens is 246 g/mol. The van der Waals surface area contributed by atoms with Crippen molar-refractivity contribution in [2.75, 3.05) is 19.8 Å². The van der Waals surface area contributed by atoms with Crippen LogP contribution in [0.15, 0.2) is 0 Å². The highest BCUT2D eigenvalue weighted by Crippen LogP contribution is 2.19. The van der Waals surface area contributed by atoms with E-state index in [1.165, 1.54) is 0 Å². The quantitative estimate of drug-likeness (QED) is 0.823. The maximum absolute atomic E-state index is 11.7. The van der Waals surface area contributed by atoms with Crippen molar-refractivity contribution in [1.29, 1.82) is 0 Å². The van der Waals surface area contributed by atoms with Gasteiger partial charge < -0.3 is 19.9 Å². The smallest absolute Gasteiger partial charge is 0.407 e. The van der Waals surface area contributed by atoms with Crippen LogP contribution in [0.5, 0.6) is 0 Å². The third-order valence-corrected chi connectivity index (χ3v) is 3.06. The fraction of sp³-hybridized carbons (Fsp3) is 0.929. The number of hydrogen-bond acceptors (Lipinski definition) is 4. The molecule has 5 heteroatoms. The van der Waals surface area contributed by atoms with Crippen LogP contribution in [0.4, 0.5) is 4.79 Å². The van der Waals surface area contributed by atoms with Crippen LogP contribution < -0.4 is 5.32 Å². The second kappa shape index (κ2) is 7.70. The molecule has 1 aliphatic heterocycles. The summed E-state index contributed by atoms with van der Waals surface area (Å²) < 4.78 is 10.7. The van der Waals surface area contributed by atoms with Crippen LogP contribution in [0.1, 0.15) is 46.5 Å². The number of carbonyl (C=O) groups is 1. The second-order valence-electron chi connectivity index (χ2n) is 6.20. The highest BCUT2D eigenvalue weighted by atomic mass is 16.6. The summed E-state index contributed by atoms with van der Waals surface area (Å²) in [4.78, 5) is 11.7. The maximum Gasteiger partial charge on any atom is 0.407 e. The van der Waals surface area contributed by atoms with Crippen molar-refractivity contribution in [2.45, 2.75) is 58.1 Å². The van der Waals surface area contributed by atoms with E-state index in [2.05, 4.69) is 5.32 Å². The van der Waals surface area contributed by atoms with Gasteiger partial charge >= 0.3 is 6.09 Å². The summed E-state index contributed by atoms with van der Waals surface area (Å²) in [5.41, 5.74) is -0.518. The Morgan fingerprint density at radius 2 is 2.21 bits per heavy atom. The van der Waals surface area contributed by atoms with Crippen LogP contribution in [-0.2, 0) is 9.47 Å². The first kappa shape index (κ1) is 16.2. The lowest BCUT2D eigenvalue weighted by atomic mass is 9.96. The van der Waals surface area contributed by atoms with Gasteiger partial charge in [-0.05, 0) is 46.0 Å². The van der Waals surface area contributed by atoms with Crippen molar-refractivity contribution in [1.82, 2.24) is 5.32 Å². The third-order valence-electron chi connectivity index (χ3n) is 3.06. The van der Waals surface area contributed by atoms with Gasteiger partial charge in [-0.15, -0.1) is 0 Å². The summed E-state index contributed by atoms with van der Waals surface area (Å²) in [7, 11) is 0. The standard InChI is InChI=1S/C14H27NO4/c1-14(2,3)19-13(17)15-12(9-16)8-11-6-4-5-7-18-10-11/h11-12,16H,4-10H2,1-3H3,(H,15,17)/t11-,12+/m1/s1. The summed E-state index contributed by atoms with van der Waals surface area (Å²) in [6.45, 7) is 6.92. The van der Waals surface area contributed by atoms with Gasteiger partial charge in [0.05, 0.1) is 12.6 Å². The second-order valence-corrected chi connectivity index (χ2v) is 6.20. The zero-order valence-electron chi connectivity index (χ0n) is 12.3. The van der Waals surface area contributed by atoms with Crippen molar-refractivity contribution < 1.29 is 19.4 Å². The molecule has 1 aliphatic rings. The van der Waals surface area contributed by atoms with E-state index in [9.17, 15) is 9.90 Å². The largest absolute Gasteiger partial charge is 0.444 e. The van der Waals surface area contributed by atoms with E-state index in [4.69, 9.17) is 9.47 Å². The molecule has 2 atom stereocenters. The molecule has 1 fully saturated rings. The summed E-state index contributed by atoms with van der Waals surface area (Å²) in [5, 5.41) is 12.1. The van der Waals surface area contributed by atoms with Crippen LogP contribution in [0.3, 0.4) is 0 Å². The molecule has 0 aromatic carbocycles. The minimum atomic E-state index is -0.518. The summed E-state index contributed by atoms with van der Waals surface area (Å²) in [6, 6.07) is -0.262. The highest BCUT2D eigenvalue weighted by Gasteiger charge is 2.22. The summed E-state index contributed by atoms with van der Waals surface area (Å²) in [5.74, 6) is 0.398. The van der Waals surface area contributed by atoms with Crippen LogP contribution in [-0.4, -0.2) is 42.7 Å². The molecule has 1 saturated heterocycles. The van der Waals surface area contributed by atoms with Gasteiger partial charge in [-0.2, -0.15) is 0 Å². The van der Waals surface area contributed by atoms with Gasteiger partial charge in [-0.1, -0.05) is 6.42 Å². The maximum atomic E-state index is 11.7. The fourth-order valence-electron chi connectivity index (χ4n) is 2.21. The fourth-order valence-corrected chi connectivity index (χ4v) is 2.21. The molecule has 2 N–H and O–H groups in total. The molecule has 0 aliphatic carbocycles. The number of hydrogen-bond donors (Lipinski definition) is 2. The molecule has 0 unspecified atom stereocenters. The number of aliphatic hydroxyl groups excluding tert-OH is 1. The molecule has 1 amide bonds. The Hall–Kier alpha value is -0.810. The number of rotatable bonds is 4. The van der Waals surface area contributed by atoms with Crippen LogP contribution in [0.25, 0.3) is 0 Å². The van der Waals surface area contributed by atoms with Crippen molar-refractivity contribution in [3.8, 4) is 0 Å².